The van der Waals surface area contributed by atoms with Crippen molar-refractivity contribution in [2.75, 3.05) is 31.5 Å². The molecule has 1 aliphatic heterocycles. The summed E-state index contributed by atoms with van der Waals surface area (Å²) in [5.41, 5.74) is -0.0151. The lowest BCUT2D eigenvalue weighted by atomic mass is 10.3. The van der Waals surface area contributed by atoms with Crippen LogP contribution in [0.5, 0.6) is 0 Å². The van der Waals surface area contributed by atoms with Crippen LogP contribution in [0.3, 0.4) is 0 Å². The van der Waals surface area contributed by atoms with Crippen molar-refractivity contribution in [1.82, 2.24) is 14.9 Å². The lowest BCUT2D eigenvalue weighted by Crippen LogP contribution is -2.22. The molecule has 0 unspecified atom stereocenters. The van der Waals surface area contributed by atoms with Crippen LogP contribution >= 0.6 is 0 Å². The molecule has 0 spiro atoms. The smallest absolute Gasteiger partial charge is 0.358 e. The molecule has 2 rings (SSSR count). The second kappa shape index (κ2) is 6.30. The molecule has 6 nitrogen and oxygen atoms in total. The van der Waals surface area contributed by atoms with Crippen molar-refractivity contribution < 1.29 is 9.90 Å². The van der Waals surface area contributed by atoms with E-state index in [9.17, 15) is 4.79 Å². The van der Waals surface area contributed by atoms with Crippen molar-refractivity contribution >= 4 is 11.8 Å². The van der Waals surface area contributed by atoms with E-state index in [1.165, 1.54) is 38.3 Å². The van der Waals surface area contributed by atoms with E-state index in [4.69, 9.17) is 5.11 Å². The quantitative estimate of drug-likeness (QED) is 0.735. The van der Waals surface area contributed by atoms with Gasteiger partial charge in [-0.25, -0.2) is 14.8 Å². The van der Waals surface area contributed by atoms with Crippen LogP contribution in [0.4, 0.5) is 5.82 Å². The Morgan fingerprint density at radius 3 is 2.78 bits per heavy atom. The van der Waals surface area contributed by atoms with Gasteiger partial charge in [-0.15, -0.1) is 0 Å². The van der Waals surface area contributed by atoms with Crippen LogP contribution in [0, 0.1) is 0 Å². The Morgan fingerprint density at radius 1 is 1.33 bits per heavy atom. The lowest BCUT2D eigenvalue weighted by Gasteiger charge is -2.14. The number of carboxylic acids is 1. The van der Waals surface area contributed by atoms with Gasteiger partial charge >= 0.3 is 5.97 Å². The number of aromatic carboxylic acids is 1. The largest absolute Gasteiger partial charge is 0.476 e. The summed E-state index contributed by atoms with van der Waals surface area (Å²) in [5.74, 6) is -0.698. The number of carbonyl (C=O) groups is 1. The molecule has 0 aromatic carbocycles. The molecule has 1 aromatic heterocycles. The number of nitrogens with zero attached hydrogens (tertiary/aromatic N) is 3. The normalized spacial score (nSPS) is 15.8. The van der Waals surface area contributed by atoms with E-state index < -0.39 is 5.97 Å². The fourth-order valence-corrected chi connectivity index (χ4v) is 2.14. The number of rotatable bonds is 6. The van der Waals surface area contributed by atoms with Gasteiger partial charge in [-0.1, -0.05) is 0 Å². The summed E-state index contributed by atoms with van der Waals surface area (Å²) >= 11 is 0. The molecule has 0 radical (unpaired) electrons. The number of likely N-dealkylation sites (tertiary alicyclic amines) is 1. The average Bonchev–Trinajstić information content (AvgIpc) is 2.88. The molecule has 0 saturated carbocycles. The van der Waals surface area contributed by atoms with Crippen molar-refractivity contribution in [3.05, 3.63) is 18.1 Å². The van der Waals surface area contributed by atoms with Crippen LogP contribution in [-0.4, -0.2) is 52.1 Å². The Bertz CT molecular complexity index is 405. The molecule has 0 amide bonds. The molecule has 18 heavy (non-hydrogen) atoms. The molecule has 1 aliphatic rings. The predicted octanol–water partition coefficient (Wildman–Crippen LogP) is 1.07. The summed E-state index contributed by atoms with van der Waals surface area (Å²) < 4.78 is 0. The molecule has 0 bridgehead atoms. The Kier molecular flexibility index (Phi) is 4.46. The van der Waals surface area contributed by atoms with Gasteiger partial charge in [0.2, 0.25) is 0 Å². The number of anilines is 1. The Hall–Kier alpha value is -1.69. The Morgan fingerprint density at radius 2 is 2.06 bits per heavy atom. The highest BCUT2D eigenvalue weighted by Gasteiger charge is 2.13. The van der Waals surface area contributed by atoms with Crippen molar-refractivity contribution in [2.24, 2.45) is 0 Å². The first-order valence-electron chi connectivity index (χ1n) is 6.28. The average molecular weight is 250 g/mol. The van der Waals surface area contributed by atoms with E-state index in [0.29, 0.717) is 5.82 Å². The molecule has 0 aliphatic carbocycles. The van der Waals surface area contributed by atoms with Gasteiger partial charge < -0.3 is 15.3 Å². The Labute approximate surface area is 106 Å². The van der Waals surface area contributed by atoms with Crippen molar-refractivity contribution in [3.63, 3.8) is 0 Å². The van der Waals surface area contributed by atoms with Crippen molar-refractivity contribution in [1.29, 1.82) is 0 Å². The van der Waals surface area contributed by atoms with E-state index in [1.54, 1.807) is 0 Å². The molecular formula is C12H18N4O2. The van der Waals surface area contributed by atoms with Gasteiger partial charge in [-0.05, 0) is 38.9 Å². The van der Waals surface area contributed by atoms with Gasteiger partial charge in [-0.2, -0.15) is 0 Å². The van der Waals surface area contributed by atoms with Gasteiger partial charge in [0.1, 0.15) is 0 Å². The molecule has 6 heteroatoms. The second-order valence-corrected chi connectivity index (χ2v) is 4.39. The summed E-state index contributed by atoms with van der Waals surface area (Å²) in [6.45, 7) is 4.14. The highest BCUT2D eigenvalue weighted by molar-refractivity contribution is 5.90. The summed E-state index contributed by atoms with van der Waals surface area (Å²) in [6, 6.07) is 0. The van der Waals surface area contributed by atoms with E-state index >= 15 is 0 Å². The Balaban J connectivity index is 1.77. The second-order valence-electron chi connectivity index (χ2n) is 4.39. The van der Waals surface area contributed by atoms with Gasteiger partial charge in [-0.3, -0.25) is 0 Å². The summed E-state index contributed by atoms with van der Waals surface area (Å²) in [7, 11) is 0. The SMILES string of the molecule is O=C(O)c1nccnc1NCCCN1CCCC1. The molecule has 1 saturated heterocycles. The van der Waals surface area contributed by atoms with Gasteiger partial charge in [0.15, 0.2) is 11.5 Å². The maximum atomic E-state index is 10.9. The lowest BCUT2D eigenvalue weighted by molar-refractivity contribution is 0.0691. The van der Waals surface area contributed by atoms with Crippen molar-refractivity contribution in [2.45, 2.75) is 19.3 Å². The topological polar surface area (TPSA) is 78.3 Å². The minimum atomic E-state index is -1.05. The monoisotopic (exact) mass is 250 g/mol. The van der Waals surface area contributed by atoms with E-state index in [0.717, 1.165) is 19.5 Å². The number of nitrogens with one attached hydrogen (secondary N) is 1. The van der Waals surface area contributed by atoms with Crippen LogP contribution in [0.15, 0.2) is 12.4 Å². The van der Waals surface area contributed by atoms with E-state index in [2.05, 4.69) is 20.2 Å². The summed E-state index contributed by atoms with van der Waals surface area (Å²) in [6.07, 6.45) is 6.45. The van der Waals surface area contributed by atoms with Crippen molar-refractivity contribution in [3.8, 4) is 0 Å². The molecule has 0 atom stereocenters. The third kappa shape index (κ3) is 3.40. The highest BCUT2D eigenvalue weighted by atomic mass is 16.4. The van der Waals surface area contributed by atoms with Crippen LogP contribution < -0.4 is 5.32 Å². The standard InChI is InChI=1S/C12H18N4O2/c17-12(18)10-11(15-6-5-13-10)14-4-3-9-16-7-1-2-8-16/h5-6H,1-4,7-9H2,(H,14,15)(H,17,18). The fraction of sp³-hybridized carbons (Fsp3) is 0.583. The molecule has 2 heterocycles. The molecule has 98 valence electrons. The van der Waals surface area contributed by atoms with Gasteiger partial charge in [0.25, 0.3) is 0 Å². The zero-order chi connectivity index (χ0) is 12.8. The van der Waals surface area contributed by atoms with Crippen LogP contribution in [-0.2, 0) is 0 Å². The first kappa shape index (κ1) is 12.8. The maximum absolute atomic E-state index is 10.9. The van der Waals surface area contributed by atoms with Crippen LogP contribution in [0.1, 0.15) is 29.8 Å². The summed E-state index contributed by atoms with van der Waals surface area (Å²) in [5, 5.41) is 12.0. The van der Waals surface area contributed by atoms with E-state index in [1.807, 2.05) is 0 Å². The number of aromatic nitrogens is 2. The minimum Gasteiger partial charge on any atom is -0.476 e. The number of carboxylic acid groups (broad SMARTS) is 1. The fourth-order valence-electron chi connectivity index (χ4n) is 2.14. The minimum absolute atomic E-state index is 0.0151. The molecule has 1 aromatic rings. The molecule has 1 fully saturated rings. The zero-order valence-electron chi connectivity index (χ0n) is 10.3. The highest BCUT2D eigenvalue weighted by Crippen LogP contribution is 2.09. The summed E-state index contributed by atoms with van der Waals surface area (Å²) in [4.78, 5) is 21.1. The number of hydrogen-bond acceptors (Lipinski definition) is 5. The first-order chi connectivity index (χ1) is 8.77. The zero-order valence-corrected chi connectivity index (χ0v) is 10.3. The molecular weight excluding hydrogens is 232 g/mol. The van der Waals surface area contributed by atoms with Crippen LogP contribution in [0.2, 0.25) is 0 Å². The number of hydrogen-bond donors (Lipinski definition) is 2. The molecule has 2 N–H and O–H groups in total. The first-order valence-corrected chi connectivity index (χ1v) is 6.28. The van der Waals surface area contributed by atoms with Crippen LogP contribution in [0.25, 0.3) is 0 Å². The predicted molar refractivity (Wildman–Crippen MR) is 67.8 cm³/mol. The van der Waals surface area contributed by atoms with Gasteiger partial charge in [0.05, 0.1) is 0 Å². The van der Waals surface area contributed by atoms with E-state index in [-0.39, 0.29) is 5.69 Å². The van der Waals surface area contributed by atoms with Gasteiger partial charge in [0, 0.05) is 18.9 Å². The third-order valence-electron chi connectivity index (χ3n) is 3.04. The third-order valence-corrected chi connectivity index (χ3v) is 3.04. The maximum Gasteiger partial charge on any atom is 0.358 e.